The summed E-state index contributed by atoms with van der Waals surface area (Å²) >= 11 is 6.14. The van der Waals surface area contributed by atoms with Gasteiger partial charge in [-0.3, -0.25) is 0 Å². The molecule has 0 fully saturated rings. The average molecular weight is 272 g/mol. The van der Waals surface area contributed by atoms with Crippen molar-refractivity contribution in [3.63, 3.8) is 0 Å². The number of hydrogen-bond donors (Lipinski definition) is 1. The standard InChI is InChI=1S/C15H23ClFN/c1-4-11(5-2)15(18-6-3)10-12-9-13(17)7-8-14(12)16/h7-9,11,15,18H,4-6,10H2,1-3H3. The Hall–Kier alpha value is -0.600. The molecule has 1 aromatic carbocycles. The van der Waals surface area contributed by atoms with Crippen LogP contribution in [0, 0.1) is 11.7 Å². The Kier molecular flexibility index (Phi) is 6.66. The van der Waals surface area contributed by atoms with Gasteiger partial charge in [0.2, 0.25) is 0 Å². The summed E-state index contributed by atoms with van der Waals surface area (Å²) in [6, 6.07) is 4.96. The lowest BCUT2D eigenvalue weighted by molar-refractivity contribution is 0.336. The number of likely N-dealkylation sites (N-methyl/N-ethyl adjacent to an activating group) is 1. The van der Waals surface area contributed by atoms with Gasteiger partial charge >= 0.3 is 0 Å². The first kappa shape index (κ1) is 15.5. The van der Waals surface area contributed by atoms with E-state index in [-0.39, 0.29) is 5.82 Å². The summed E-state index contributed by atoms with van der Waals surface area (Å²) in [7, 11) is 0. The molecule has 0 aliphatic rings. The van der Waals surface area contributed by atoms with E-state index in [1.54, 1.807) is 12.1 Å². The second-order valence-electron chi connectivity index (χ2n) is 4.68. The van der Waals surface area contributed by atoms with E-state index in [4.69, 9.17) is 11.6 Å². The van der Waals surface area contributed by atoms with Crippen LogP contribution in [0.15, 0.2) is 18.2 Å². The molecule has 0 aliphatic heterocycles. The number of halogens is 2. The van der Waals surface area contributed by atoms with E-state index >= 15 is 0 Å². The van der Waals surface area contributed by atoms with E-state index in [1.165, 1.54) is 6.07 Å². The third-order valence-corrected chi connectivity index (χ3v) is 3.90. The molecule has 18 heavy (non-hydrogen) atoms. The maximum atomic E-state index is 13.3. The van der Waals surface area contributed by atoms with Crippen LogP contribution in [-0.4, -0.2) is 12.6 Å². The van der Waals surface area contributed by atoms with E-state index in [0.29, 0.717) is 17.0 Å². The Balaban J connectivity index is 2.85. The first-order valence-corrected chi connectivity index (χ1v) is 7.17. The molecule has 1 rings (SSSR count). The largest absolute Gasteiger partial charge is 0.314 e. The zero-order valence-electron chi connectivity index (χ0n) is 11.5. The molecule has 1 unspecified atom stereocenters. The van der Waals surface area contributed by atoms with Crippen LogP contribution in [0.3, 0.4) is 0 Å². The smallest absolute Gasteiger partial charge is 0.123 e. The summed E-state index contributed by atoms with van der Waals surface area (Å²) in [5.41, 5.74) is 0.898. The summed E-state index contributed by atoms with van der Waals surface area (Å²) < 4.78 is 13.3. The predicted molar refractivity (Wildman–Crippen MR) is 76.7 cm³/mol. The molecule has 0 saturated heterocycles. The van der Waals surface area contributed by atoms with Gasteiger partial charge in [-0.1, -0.05) is 45.2 Å². The van der Waals surface area contributed by atoms with Gasteiger partial charge in [-0.25, -0.2) is 4.39 Å². The lowest BCUT2D eigenvalue weighted by atomic mass is 9.89. The molecule has 102 valence electrons. The van der Waals surface area contributed by atoms with Crippen molar-refractivity contribution in [1.82, 2.24) is 5.32 Å². The van der Waals surface area contributed by atoms with Crippen molar-refractivity contribution in [2.75, 3.05) is 6.54 Å². The number of benzene rings is 1. The van der Waals surface area contributed by atoms with Gasteiger partial charge in [0.25, 0.3) is 0 Å². The molecule has 1 nitrogen and oxygen atoms in total. The normalized spacial score (nSPS) is 13.0. The highest BCUT2D eigenvalue weighted by atomic mass is 35.5. The van der Waals surface area contributed by atoms with Crippen molar-refractivity contribution in [2.24, 2.45) is 5.92 Å². The van der Waals surface area contributed by atoms with Crippen molar-refractivity contribution in [3.05, 3.63) is 34.6 Å². The summed E-state index contributed by atoms with van der Waals surface area (Å²) in [6.07, 6.45) is 3.04. The van der Waals surface area contributed by atoms with Crippen LogP contribution in [0.2, 0.25) is 5.02 Å². The Morgan fingerprint density at radius 2 is 1.89 bits per heavy atom. The Labute approximate surface area is 115 Å². The molecule has 1 aromatic rings. The highest BCUT2D eigenvalue weighted by Crippen LogP contribution is 2.23. The molecule has 1 N–H and O–H groups in total. The quantitative estimate of drug-likeness (QED) is 0.773. The van der Waals surface area contributed by atoms with E-state index in [2.05, 4.69) is 26.1 Å². The number of rotatable bonds is 7. The van der Waals surface area contributed by atoms with Gasteiger partial charge in [-0.2, -0.15) is 0 Å². The zero-order chi connectivity index (χ0) is 13.5. The fourth-order valence-corrected chi connectivity index (χ4v) is 2.66. The summed E-state index contributed by atoms with van der Waals surface area (Å²) in [6.45, 7) is 7.42. The van der Waals surface area contributed by atoms with Gasteiger partial charge in [0, 0.05) is 11.1 Å². The van der Waals surface area contributed by atoms with Crippen LogP contribution in [-0.2, 0) is 6.42 Å². The zero-order valence-corrected chi connectivity index (χ0v) is 12.2. The highest BCUT2D eigenvalue weighted by Gasteiger charge is 2.19. The minimum Gasteiger partial charge on any atom is -0.314 e. The Morgan fingerprint density at radius 1 is 1.22 bits per heavy atom. The first-order chi connectivity index (χ1) is 8.62. The number of hydrogen-bond acceptors (Lipinski definition) is 1. The second-order valence-corrected chi connectivity index (χ2v) is 5.09. The third-order valence-electron chi connectivity index (χ3n) is 3.53. The second kappa shape index (κ2) is 7.75. The van der Waals surface area contributed by atoms with Crippen LogP contribution >= 0.6 is 11.6 Å². The van der Waals surface area contributed by atoms with Gasteiger partial charge in [-0.05, 0) is 42.6 Å². The van der Waals surface area contributed by atoms with Gasteiger partial charge in [0.15, 0.2) is 0 Å². The number of nitrogens with one attached hydrogen (secondary N) is 1. The summed E-state index contributed by atoms with van der Waals surface area (Å²) in [5, 5.41) is 4.16. The van der Waals surface area contributed by atoms with Crippen molar-refractivity contribution in [1.29, 1.82) is 0 Å². The van der Waals surface area contributed by atoms with E-state index < -0.39 is 0 Å². The van der Waals surface area contributed by atoms with Gasteiger partial charge in [-0.15, -0.1) is 0 Å². The molecule has 0 aliphatic carbocycles. The maximum Gasteiger partial charge on any atom is 0.123 e. The van der Waals surface area contributed by atoms with E-state index in [9.17, 15) is 4.39 Å². The van der Waals surface area contributed by atoms with Crippen LogP contribution in [0.4, 0.5) is 4.39 Å². The van der Waals surface area contributed by atoms with E-state index in [1.807, 2.05) is 0 Å². The van der Waals surface area contributed by atoms with Crippen LogP contribution in [0.5, 0.6) is 0 Å². The maximum absolute atomic E-state index is 13.3. The minimum absolute atomic E-state index is 0.214. The predicted octanol–water partition coefficient (Wildman–Crippen LogP) is 4.44. The monoisotopic (exact) mass is 271 g/mol. The SMILES string of the molecule is CCNC(Cc1cc(F)ccc1Cl)C(CC)CC. The summed E-state index contributed by atoms with van der Waals surface area (Å²) in [5.74, 6) is 0.387. The lowest BCUT2D eigenvalue weighted by Gasteiger charge is -2.26. The highest BCUT2D eigenvalue weighted by molar-refractivity contribution is 6.31. The van der Waals surface area contributed by atoms with Gasteiger partial charge < -0.3 is 5.32 Å². The minimum atomic E-state index is -0.214. The molecule has 0 radical (unpaired) electrons. The average Bonchev–Trinajstić information content (AvgIpc) is 2.35. The molecule has 0 bridgehead atoms. The Bertz CT molecular complexity index is 364. The Morgan fingerprint density at radius 3 is 2.44 bits per heavy atom. The lowest BCUT2D eigenvalue weighted by Crippen LogP contribution is -2.37. The topological polar surface area (TPSA) is 12.0 Å². The van der Waals surface area contributed by atoms with Crippen LogP contribution < -0.4 is 5.32 Å². The molecule has 0 saturated carbocycles. The van der Waals surface area contributed by atoms with Crippen molar-refractivity contribution in [3.8, 4) is 0 Å². The van der Waals surface area contributed by atoms with Crippen molar-refractivity contribution < 1.29 is 4.39 Å². The van der Waals surface area contributed by atoms with Gasteiger partial charge in [0.1, 0.15) is 5.82 Å². The molecule has 0 amide bonds. The summed E-state index contributed by atoms with van der Waals surface area (Å²) in [4.78, 5) is 0. The van der Waals surface area contributed by atoms with Crippen molar-refractivity contribution >= 4 is 11.6 Å². The molecular weight excluding hydrogens is 249 g/mol. The van der Waals surface area contributed by atoms with Crippen LogP contribution in [0.25, 0.3) is 0 Å². The van der Waals surface area contributed by atoms with Crippen LogP contribution in [0.1, 0.15) is 39.2 Å². The fourth-order valence-electron chi connectivity index (χ4n) is 2.46. The fraction of sp³-hybridized carbons (Fsp3) is 0.600. The molecule has 0 spiro atoms. The third kappa shape index (κ3) is 4.25. The molecule has 1 atom stereocenters. The first-order valence-electron chi connectivity index (χ1n) is 6.79. The molecule has 0 aromatic heterocycles. The molecular formula is C15H23ClFN. The van der Waals surface area contributed by atoms with Crippen molar-refractivity contribution in [2.45, 2.75) is 46.1 Å². The van der Waals surface area contributed by atoms with Gasteiger partial charge in [0.05, 0.1) is 0 Å². The molecule has 3 heteroatoms. The van der Waals surface area contributed by atoms with E-state index in [0.717, 1.165) is 31.4 Å². The molecule has 0 heterocycles.